The summed E-state index contributed by atoms with van der Waals surface area (Å²) >= 11 is 0. The number of aryl methyl sites for hydroxylation is 1. The van der Waals surface area contributed by atoms with Crippen LogP contribution in [-0.2, 0) is 15.9 Å². The van der Waals surface area contributed by atoms with Gasteiger partial charge in [0.2, 0.25) is 0 Å². The molecule has 0 saturated carbocycles. The third-order valence-electron chi connectivity index (χ3n) is 4.01. The number of ether oxygens (including phenoxy) is 3. The van der Waals surface area contributed by atoms with E-state index in [2.05, 4.69) is 17.4 Å². The smallest absolute Gasteiger partial charge is 0.148 e. The zero-order chi connectivity index (χ0) is 15.1. The highest BCUT2D eigenvalue weighted by atomic mass is 16.7. The van der Waals surface area contributed by atoms with Gasteiger partial charge in [0.05, 0.1) is 7.11 Å². The fraction of sp³-hybridized carbons (Fsp3) is 0.625. The van der Waals surface area contributed by atoms with Crippen LogP contribution in [0.5, 0.6) is 5.75 Å². The maximum Gasteiger partial charge on any atom is 0.148 e. The van der Waals surface area contributed by atoms with E-state index < -0.39 is 0 Å². The fourth-order valence-electron chi connectivity index (χ4n) is 2.78. The molecule has 5 nitrogen and oxygen atoms in total. The molecule has 0 amide bonds. The van der Waals surface area contributed by atoms with Gasteiger partial charge in [-0.2, -0.15) is 0 Å². The van der Waals surface area contributed by atoms with Crippen molar-refractivity contribution in [1.29, 1.82) is 0 Å². The van der Waals surface area contributed by atoms with Crippen LogP contribution < -0.4 is 10.1 Å². The summed E-state index contributed by atoms with van der Waals surface area (Å²) in [7, 11) is 3.28. The normalized spacial score (nSPS) is 25.2. The number of methoxy groups -OCH3 is 2. The Balaban J connectivity index is 1.82. The summed E-state index contributed by atoms with van der Waals surface area (Å²) in [5.41, 5.74) is 1.27. The molecule has 5 heteroatoms. The molecule has 3 atom stereocenters. The Morgan fingerprint density at radius 1 is 1.24 bits per heavy atom. The third-order valence-corrected chi connectivity index (χ3v) is 4.01. The maximum atomic E-state index is 9.50. The Hall–Kier alpha value is -1.14. The minimum atomic E-state index is -0.0250. The summed E-state index contributed by atoms with van der Waals surface area (Å²) in [5.74, 6) is 1.11. The zero-order valence-corrected chi connectivity index (χ0v) is 12.7. The Morgan fingerprint density at radius 2 is 2.00 bits per heavy atom. The molecule has 0 spiro atoms. The summed E-state index contributed by atoms with van der Waals surface area (Å²) in [6, 6.07) is 8.40. The van der Waals surface area contributed by atoms with Crippen LogP contribution >= 0.6 is 0 Å². The van der Waals surface area contributed by atoms with Crippen molar-refractivity contribution < 1.29 is 19.3 Å². The largest absolute Gasteiger partial charge is 0.497 e. The van der Waals surface area contributed by atoms with E-state index in [0.29, 0.717) is 0 Å². The second-order valence-electron chi connectivity index (χ2n) is 5.40. The lowest BCUT2D eigenvalue weighted by Gasteiger charge is -2.17. The summed E-state index contributed by atoms with van der Waals surface area (Å²) in [6.45, 7) is 0.466. The molecule has 1 aliphatic rings. The van der Waals surface area contributed by atoms with E-state index in [1.54, 1.807) is 14.2 Å². The first-order valence-electron chi connectivity index (χ1n) is 7.37. The highest BCUT2D eigenvalue weighted by molar-refractivity contribution is 5.27. The first-order valence-corrected chi connectivity index (χ1v) is 7.37. The minimum Gasteiger partial charge on any atom is -0.497 e. The average Bonchev–Trinajstić information content (AvgIpc) is 2.93. The molecule has 0 aliphatic carbocycles. The van der Waals surface area contributed by atoms with Crippen LogP contribution in [-0.4, -0.2) is 45.0 Å². The Morgan fingerprint density at radius 3 is 2.62 bits per heavy atom. The molecule has 1 aromatic rings. The summed E-state index contributed by atoms with van der Waals surface area (Å²) in [5, 5.41) is 12.9. The van der Waals surface area contributed by atoms with Gasteiger partial charge >= 0.3 is 0 Å². The van der Waals surface area contributed by atoms with Crippen molar-refractivity contribution in [2.24, 2.45) is 5.92 Å². The van der Waals surface area contributed by atoms with Crippen molar-refractivity contribution >= 4 is 0 Å². The molecule has 2 N–H and O–H groups in total. The van der Waals surface area contributed by atoms with Gasteiger partial charge in [-0.25, -0.2) is 0 Å². The number of hydrogen-bond donors (Lipinski definition) is 2. The summed E-state index contributed by atoms with van der Waals surface area (Å²) < 4.78 is 15.6. The number of hydrogen-bond acceptors (Lipinski definition) is 5. The second kappa shape index (κ2) is 8.34. The minimum absolute atomic E-state index is 0.0250. The van der Waals surface area contributed by atoms with Gasteiger partial charge in [-0.05, 0) is 37.0 Å². The quantitative estimate of drug-likeness (QED) is 0.713. The molecular weight excluding hydrogens is 270 g/mol. The number of rotatable bonds is 8. The molecule has 0 radical (unpaired) electrons. The monoisotopic (exact) mass is 295 g/mol. The van der Waals surface area contributed by atoms with Gasteiger partial charge in [0.1, 0.15) is 18.8 Å². The van der Waals surface area contributed by atoms with Crippen molar-refractivity contribution in [2.45, 2.75) is 31.5 Å². The van der Waals surface area contributed by atoms with Gasteiger partial charge in [-0.15, -0.1) is 0 Å². The van der Waals surface area contributed by atoms with E-state index in [1.165, 1.54) is 5.56 Å². The Kier molecular flexibility index (Phi) is 6.45. The lowest BCUT2D eigenvalue weighted by Crippen LogP contribution is -2.34. The van der Waals surface area contributed by atoms with E-state index in [0.717, 1.165) is 25.0 Å². The van der Waals surface area contributed by atoms with Crippen molar-refractivity contribution in [3.63, 3.8) is 0 Å². The van der Waals surface area contributed by atoms with E-state index in [4.69, 9.17) is 14.2 Å². The lowest BCUT2D eigenvalue weighted by molar-refractivity contribution is -0.0787. The molecule has 3 unspecified atom stereocenters. The molecule has 1 saturated heterocycles. The topological polar surface area (TPSA) is 60.0 Å². The number of nitrogens with one attached hydrogen (secondary N) is 1. The summed E-state index contributed by atoms with van der Waals surface area (Å²) in [4.78, 5) is 0. The van der Waals surface area contributed by atoms with Crippen molar-refractivity contribution in [3.05, 3.63) is 29.8 Å². The van der Waals surface area contributed by atoms with Crippen LogP contribution in [0.2, 0.25) is 0 Å². The molecule has 0 aromatic heterocycles. The Bertz CT molecular complexity index is 409. The molecule has 1 aliphatic heterocycles. The van der Waals surface area contributed by atoms with Crippen molar-refractivity contribution in [2.75, 3.05) is 27.6 Å². The zero-order valence-electron chi connectivity index (χ0n) is 12.7. The van der Waals surface area contributed by atoms with Gasteiger partial charge in [-0.3, -0.25) is 5.32 Å². The van der Waals surface area contributed by atoms with Gasteiger partial charge in [0, 0.05) is 25.7 Å². The number of benzene rings is 1. The first kappa shape index (κ1) is 16.2. The fourth-order valence-corrected chi connectivity index (χ4v) is 2.78. The molecule has 1 aromatic carbocycles. The second-order valence-corrected chi connectivity index (χ2v) is 5.40. The predicted molar refractivity (Wildman–Crippen MR) is 80.2 cm³/mol. The van der Waals surface area contributed by atoms with Gasteiger partial charge in [0.25, 0.3) is 0 Å². The maximum absolute atomic E-state index is 9.50. The van der Waals surface area contributed by atoms with Crippen LogP contribution in [0.15, 0.2) is 24.3 Å². The van der Waals surface area contributed by atoms with E-state index in [1.807, 2.05) is 12.1 Å². The molecule has 1 fully saturated rings. The summed E-state index contributed by atoms with van der Waals surface area (Å²) in [6.07, 6.45) is 2.75. The molecule has 118 valence electrons. The molecule has 1 heterocycles. The number of aliphatic hydroxyl groups excluding tert-OH is 1. The van der Waals surface area contributed by atoms with E-state index >= 15 is 0 Å². The van der Waals surface area contributed by atoms with E-state index in [9.17, 15) is 5.11 Å². The first-order chi connectivity index (χ1) is 10.3. The van der Waals surface area contributed by atoms with Crippen molar-refractivity contribution in [3.8, 4) is 5.75 Å². The molecule has 2 rings (SSSR count). The number of aliphatic hydroxyl groups is 1. The van der Waals surface area contributed by atoms with E-state index in [-0.39, 0.29) is 31.6 Å². The highest BCUT2D eigenvalue weighted by Gasteiger charge is 2.33. The molecule has 0 bridgehead atoms. The van der Waals surface area contributed by atoms with Gasteiger partial charge in [0.15, 0.2) is 0 Å². The van der Waals surface area contributed by atoms with Crippen LogP contribution in [0.1, 0.15) is 18.4 Å². The van der Waals surface area contributed by atoms with Crippen LogP contribution in [0.3, 0.4) is 0 Å². The van der Waals surface area contributed by atoms with Crippen molar-refractivity contribution in [1.82, 2.24) is 5.32 Å². The predicted octanol–water partition coefficient (Wildman–Crippen LogP) is 1.54. The Labute approximate surface area is 126 Å². The van der Waals surface area contributed by atoms with Crippen LogP contribution in [0, 0.1) is 5.92 Å². The van der Waals surface area contributed by atoms with Crippen LogP contribution in [0.4, 0.5) is 0 Å². The third kappa shape index (κ3) is 4.68. The SMILES string of the molecule is COCOC1CC(CO)C(CCc2ccc(OC)cc2)N1. The lowest BCUT2D eigenvalue weighted by atomic mass is 9.95. The molecular formula is C16H25NO4. The van der Waals surface area contributed by atoms with Crippen LogP contribution in [0.25, 0.3) is 0 Å². The standard InChI is InChI=1S/C16H25NO4/c1-19-11-21-16-9-13(10-18)15(17-16)8-5-12-3-6-14(20-2)7-4-12/h3-4,6-7,13,15-18H,5,8-11H2,1-2H3. The molecule has 21 heavy (non-hydrogen) atoms. The average molecular weight is 295 g/mol. The highest BCUT2D eigenvalue weighted by Crippen LogP contribution is 2.24. The van der Waals surface area contributed by atoms with Gasteiger partial charge < -0.3 is 19.3 Å². The van der Waals surface area contributed by atoms with Gasteiger partial charge in [-0.1, -0.05) is 12.1 Å².